The van der Waals surface area contributed by atoms with Crippen LogP contribution in [0.3, 0.4) is 0 Å². The SMILES string of the molecule is CC.CC.CC.CC.CC.CC.Cc1cccnn1.Cc1ccncn1.Cc1ccnnc1.Cc1cncnc1.Cc1ncccn1.Cc1ncncn1. The Kier molecular flexibility index (Phi) is 63.6. The van der Waals surface area contributed by atoms with E-state index in [0.717, 1.165) is 34.2 Å². The van der Waals surface area contributed by atoms with Crippen LogP contribution in [0.15, 0.2) is 105 Å². The molecule has 6 rings (SSSR count). The van der Waals surface area contributed by atoms with Gasteiger partial charge in [-0.25, -0.2) is 44.9 Å². The van der Waals surface area contributed by atoms with Crippen molar-refractivity contribution < 1.29 is 0 Å². The van der Waals surface area contributed by atoms with Gasteiger partial charge < -0.3 is 0 Å². The molecule has 0 bridgehead atoms. The van der Waals surface area contributed by atoms with Gasteiger partial charge in [0.1, 0.15) is 37.0 Å². The molecule has 0 aliphatic rings. The minimum atomic E-state index is 0.759. The molecule has 300 valence electrons. The molecule has 54 heavy (non-hydrogen) atoms. The summed E-state index contributed by atoms with van der Waals surface area (Å²) in [5.41, 5.74) is 4.22. The van der Waals surface area contributed by atoms with Crippen LogP contribution >= 0.6 is 0 Å². The second kappa shape index (κ2) is 56.8. The molecule has 6 heterocycles. The van der Waals surface area contributed by atoms with Gasteiger partial charge in [0, 0.05) is 49.1 Å². The first-order valence-corrected chi connectivity index (χ1v) is 18.6. The summed E-state index contributed by atoms with van der Waals surface area (Å²) >= 11 is 0. The van der Waals surface area contributed by atoms with Crippen molar-refractivity contribution in [2.45, 2.75) is 125 Å². The molecule has 0 aliphatic heterocycles. The average Bonchev–Trinajstić information content (AvgIpc) is 3.25. The zero-order chi connectivity index (χ0) is 42.7. The molecule has 0 aromatic carbocycles. The zero-order valence-electron chi connectivity index (χ0n) is 36.6. The van der Waals surface area contributed by atoms with E-state index in [0.29, 0.717) is 0 Å². The fraction of sp³-hybridized carbons (Fsp3) is 0.439. The number of rotatable bonds is 0. The smallest absolute Gasteiger partial charge is 0.128 e. The summed E-state index contributed by atoms with van der Waals surface area (Å²) in [5.74, 6) is 1.58. The third-order valence-electron chi connectivity index (χ3n) is 4.17. The van der Waals surface area contributed by atoms with E-state index < -0.39 is 0 Å². The molecule has 6 aromatic heterocycles. The molecule has 6 aromatic rings. The Bertz CT molecular complexity index is 1110. The molecular weight excluding hydrogens is 675 g/mol. The highest BCUT2D eigenvalue weighted by Crippen LogP contribution is 1.86. The van der Waals surface area contributed by atoms with Gasteiger partial charge in [0.15, 0.2) is 0 Å². The van der Waals surface area contributed by atoms with E-state index >= 15 is 0 Å². The van der Waals surface area contributed by atoms with Crippen LogP contribution in [-0.2, 0) is 0 Å². The maximum absolute atomic E-state index is 3.87. The molecular formula is C41H71N13. The van der Waals surface area contributed by atoms with Gasteiger partial charge in [0.05, 0.1) is 11.9 Å². The van der Waals surface area contributed by atoms with E-state index in [1.165, 1.54) is 25.3 Å². The fourth-order valence-corrected chi connectivity index (χ4v) is 2.14. The van der Waals surface area contributed by atoms with E-state index in [-0.39, 0.29) is 0 Å². The van der Waals surface area contributed by atoms with Crippen LogP contribution in [0.5, 0.6) is 0 Å². The molecule has 13 nitrogen and oxygen atoms in total. The standard InChI is InChI=1S/5C5H6N2.C4H5N3.6C2H6/c1-5-2-6-4-7-3-5;1-5-2-3-6-4-7-5;1-5-2-3-6-7-4-5;1-5-6-3-2-4-7-5;1-5-3-2-4-6-7-5;1-4-6-2-5-3-7-4;6*1-2/h5*2-4H,1H3;2-3H,1H3;6*1-2H3. The fourth-order valence-electron chi connectivity index (χ4n) is 2.14. The van der Waals surface area contributed by atoms with Crippen LogP contribution in [-0.4, -0.2) is 65.3 Å². The van der Waals surface area contributed by atoms with Gasteiger partial charge in [-0.1, -0.05) is 83.1 Å². The second-order valence-corrected chi connectivity index (χ2v) is 8.03. The summed E-state index contributed by atoms with van der Waals surface area (Å²) in [6.45, 7) is 35.5. The largest absolute Gasteiger partial charge is 0.245 e. The highest BCUT2D eigenvalue weighted by Gasteiger charge is 1.78. The molecule has 0 unspecified atom stereocenters. The first kappa shape index (κ1) is 60.5. The Morgan fingerprint density at radius 3 is 1.07 bits per heavy atom. The predicted octanol–water partition coefficient (Wildman–Crippen LogP) is 10.3. The number of hydrogen-bond acceptors (Lipinski definition) is 13. The van der Waals surface area contributed by atoms with E-state index in [4.69, 9.17) is 0 Å². The minimum absolute atomic E-state index is 0.759. The Hall–Kier alpha value is -5.59. The van der Waals surface area contributed by atoms with Gasteiger partial charge in [0.2, 0.25) is 0 Å². The van der Waals surface area contributed by atoms with E-state index in [2.05, 4.69) is 65.3 Å². The number of aryl methyl sites for hydroxylation is 6. The topological polar surface area (TPSA) is 168 Å². The van der Waals surface area contributed by atoms with E-state index in [9.17, 15) is 0 Å². The summed E-state index contributed by atoms with van der Waals surface area (Å²) in [6, 6.07) is 9.34. The van der Waals surface area contributed by atoms with Gasteiger partial charge in [-0.05, 0) is 83.0 Å². The van der Waals surface area contributed by atoms with Crippen LogP contribution in [0.25, 0.3) is 0 Å². The summed E-state index contributed by atoms with van der Waals surface area (Å²) in [5, 5.41) is 14.6. The minimum Gasteiger partial charge on any atom is -0.245 e. The van der Waals surface area contributed by atoms with Crippen LogP contribution in [0.1, 0.15) is 117 Å². The van der Waals surface area contributed by atoms with Crippen molar-refractivity contribution in [1.29, 1.82) is 0 Å². The summed E-state index contributed by atoms with van der Waals surface area (Å²) < 4.78 is 0. The van der Waals surface area contributed by atoms with Gasteiger partial charge >= 0.3 is 0 Å². The van der Waals surface area contributed by atoms with Crippen LogP contribution < -0.4 is 0 Å². The van der Waals surface area contributed by atoms with Gasteiger partial charge in [0.25, 0.3) is 0 Å². The Labute approximate surface area is 328 Å². The first-order valence-electron chi connectivity index (χ1n) is 18.6. The van der Waals surface area contributed by atoms with Crippen molar-refractivity contribution in [3.63, 3.8) is 0 Å². The molecule has 0 fully saturated rings. The van der Waals surface area contributed by atoms with Gasteiger partial charge in [-0.15, -0.1) is 0 Å². The van der Waals surface area contributed by atoms with Gasteiger partial charge in [-0.2, -0.15) is 20.4 Å². The normalized spacial score (nSPS) is 7.44. The maximum atomic E-state index is 3.87. The van der Waals surface area contributed by atoms with Crippen LogP contribution in [0, 0.1) is 41.5 Å². The average molecular weight is 746 g/mol. The highest BCUT2D eigenvalue weighted by molar-refractivity contribution is 5.00. The van der Waals surface area contributed by atoms with E-state index in [1.54, 1.807) is 55.6 Å². The molecule has 13 heteroatoms. The monoisotopic (exact) mass is 746 g/mol. The lowest BCUT2D eigenvalue weighted by Gasteiger charge is -1.81. The van der Waals surface area contributed by atoms with Crippen molar-refractivity contribution in [2.24, 2.45) is 0 Å². The molecule has 0 spiro atoms. The highest BCUT2D eigenvalue weighted by atomic mass is 15.1. The molecule has 0 aliphatic carbocycles. The lowest BCUT2D eigenvalue weighted by atomic mass is 10.4. The molecule has 0 N–H and O–H groups in total. The third-order valence-corrected chi connectivity index (χ3v) is 4.17. The molecule has 0 saturated heterocycles. The first-order chi connectivity index (χ1) is 26.4. The molecule has 0 radical (unpaired) electrons. The summed E-state index contributed by atoms with van der Waals surface area (Å²) in [7, 11) is 0. The van der Waals surface area contributed by atoms with Crippen molar-refractivity contribution in [3.05, 3.63) is 139 Å². The predicted molar refractivity (Wildman–Crippen MR) is 226 cm³/mol. The Balaban J connectivity index is -0.000000121. The van der Waals surface area contributed by atoms with Gasteiger partial charge in [-0.3, -0.25) is 0 Å². The number of hydrogen-bond donors (Lipinski definition) is 0. The number of nitrogens with zero attached hydrogens (tertiary/aromatic N) is 13. The van der Waals surface area contributed by atoms with Crippen molar-refractivity contribution in [1.82, 2.24) is 65.3 Å². The van der Waals surface area contributed by atoms with E-state index in [1.807, 2.05) is 149 Å². The third kappa shape index (κ3) is 53.2. The molecule has 0 saturated carbocycles. The summed E-state index contributed by atoms with van der Waals surface area (Å²) in [4.78, 5) is 34.0. The number of aromatic nitrogens is 13. The zero-order valence-corrected chi connectivity index (χ0v) is 36.6. The lowest BCUT2D eigenvalue weighted by molar-refractivity contribution is 0.974. The van der Waals surface area contributed by atoms with Crippen LogP contribution in [0.2, 0.25) is 0 Å². The lowest BCUT2D eigenvalue weighted by Crippen LogP contribution is -1.84. The Morgan fingerprint density at radius 1 is 0.333 bits per heavy atom. The maximum Gasteiger partial charge on any atom is 0.128 e. The molecule has 0 atom stereocenters. The summed E-state index contributed by atoms with van der Waals surface area (Å²) in [6.07, 6.45) is 19.8. The molecule has 0 amide bonds. The Morgan fingerprint density at radius 2 is 0.852 bits per heavy atom. The second-order valence-electron chi connectivity index (χ2n) is 8.03. The van der Waals surface area contributed by atoms with Crippen molar-refractivity contribution >= 4 is 0 Å². The van der Waals surface area contributed by atoms with Crippen LogP contribution in [0.4, 0.5) is 0 Å². The quantitative estimate of drug-likeness (QED) is 0.144. The van der Waals surface area contributed by atoms with Crippen molar-refractivity contribution in [2.75, 3.05) is 0 Å². The van der Waals surface area contributed by atoms with Crippen molar-refractivity contribution in [3.8, 4) is 0 Å².